The molecule has 7 nitrogen and oxygen atoms in total. The highest BCUT2D eigenvalue weighted by Gasteiger charge is 2.04. The Morgan fingerprint density at radius 2 is 2.00 bits per heavy atom. The highest BCUT2D eigenvalue weighted by atomic mass is 15.3. The quantitative estimate of drug-likeness (QED) is 0.774. The van der Waals surface area contributed by atoms with Crippen molar-refractivity contribution in [1.82, 2.24) is 34.8 Å². The molecule has 0 fully saturated rings. The van der Waals surface area contributed by atoms with Crippen LogP contribution in [-0.2, 0) is 26.2 Å². The van der Waals surface area contributed by atoms with Crippen molar-refractivity contribution in [3.63, 3.8) is 0 Å². The van der Waals surface area contributed by atoms with Crippen LogP contribution in [0.25, 0.3) is 0 Å². The van der Waals surface area contributed by atoms with Crippen LogP contribution in [0.1, 0.15) is 25.5 Å². The fourth-order valence-corrected chi connectivity index (χ4v) is 1.66. The Balaban J connectivity index is 1.87. The fourth-order valence-electron chi connectivity index (χ4n) is 1.66. The molecule has 2 aromatic heterocycles. The number of aryl methyl sites for hydroxylation is 2. The van der Waals surface area contributed by atoms with E-state index in [1.54, 1.807) is 12.7 Å². The van der Waals surface area contributed by atoms with Crippen LogP contribution in [0.3, 0.4) is 0 Å². The van der Waals surface area contributed by atoms with E-state index in [1.165, 1.54) is 0 Å². The molecule has 0 bridgehead atoms. The molecule has 0 atom stereocenters. The molecule has 92 valence electrons. The van der Waals surface area contributed by atoms with Crippen LogP contribution in [0.4, 0.5) is 0 Å². The zero-order valence-electron chi connectivity index (χ0n) is 10.2. The summed E-state index contributed by atoms with van der Waals surface area (Å²) in [6.07, 6.45) is 3.32. The average Bonchev–Trinajstić information content (AvgIpc) is 2.97. The van der Waals surface area contributed by atoms with Gasteiger partial charge in [-0.2, -0.15) is 5.10 Å². The van der Waals surface area contributed by atoms with Crippen molar-refractivity contribution in [2.75, 3.05) is 0 Å². The molecular weight excluding hydrogens is 218 g/mol. The molecule has 17 heavy (non-hydrogen) atoms. The lowest BCUT2D eigenvalue weighted by Crippen LogP contribution is -2.19. The van der Waals surface area contributed by atoms with E-state index in [2.05, 4.69) is 32.5 Å². The van der Waals surface area contributed by atoms with Crippen molar-refractivity contribution >= 4 is 0 Å². The topological polar surface area (TPSA) is 73.5 Å². The van der Waals surface area contributed by atoms with Crippen LogP contribution in [0.2, 0.25) is 0 Å². The lowest BCUT2D eigenvalue weighted by molar-refractivity contribution is 0.553. The van der Waals surface area contributed by atoms with Crippen molar-refractivity contribution in [2.45, 2.75) is 40.0 Å². The van der Waals surface area contributed by atoms with Gasteiger partial charge >= 0.3 is 0 Å². The minimum Gasteiger partial charge on any atom is -0.317 e. The third-order valence-electron chi connectivity index (χ3n) is 2.60. The summed E-state index contributed by atoms with van der Waals surface area (Å²) in [5.74, 6) is 1.88. The third kappa shape index (κ3) is 2.68. The summed E-state index contributed by atoms with van der Waals surface area (Å²) in [6, 6.07) is 0. The van der Waals surface area contributed by atoms with Gasteiger partial charge in [0.2, 0.25) is 0 Å². The van der Waals surface area contributed by atoms with E-state index in [-0.39, 0.29) is 0 Å². The summed E-state index contributed by atoms with van der Waals surface area (Å²) >= 11 is 0. The Kier molecular flexibility index (Phi) is 3.81. The number of hydrogen-bond acceptors (Lipinski definition) is 5. The van der Waals surface area contributed by atoms with Gasteiger partial charge in [0.25, 0.3) is 0 Å². The van der Waals surface area contributed by atoms with Gasteiger partial charge in [-0.1, -0.05) is 0 Å². The van der Waals surface area contributed by atoms with Crippen molar-refractivity contribution < 1.29 is 0 Å². The van der Waals surface area contributed by atoms with E-state index < -0.39 is 0 Å². The van der Waals surface area contributed by atoms with Crippen molar-refractivity contribution in [3.05, 3.63) is 24.3 Å². The minimum absolute atomic E-state index is 0.685. The zero-order chi connectivity index (χ0) is 12.1. The van der Waals surface area contributed by atoms with Gasteiger partial charge in [-0.15, -0.1) is 10.2 Å². The second-order valence-corrected chi connectivity index (χ2v) is 3.63. The first-order valence-electron chi connectivity index (χ1n) is 5.79. The minimum atomic E-state index is 0.685. The smallest absolute Gasteiger partial charge is 0.146 e. The molecule has 7 heteroatoms. The van der Waals surface area contributed by atoms with Gasteiger partial charge in [0.1, 0.15) is 24.3 Å². The van der Waals surface area contributed by atoms with Gasteiger partial charge < -0.3 is 9.88 Å². The molecule has 0 radical (unpaired) electrons. The highest BCUT2D eigenvalue weighted by Crippen LogP contribution is 1.97. The molecule has 0 unspecified atom stereocenters. The first kappa shape index (κ1) is 11.7. The first-order valence-corrected chi connectivity index (χ1v) is 5.79. The van der Waals surface area contributed by atoms with Crippen molar-refractivity contribution in [2.24, 2.45) is 0 Å². The number of hydrogen-bond donors (Lipinski definition) is 1. The maximum Gasteiger partial charge on any atom is 0.146 e. The van der Waals surface area contributed by atoms with E-state index in [0.717, 1.165) is 24.7 Å². The highest BCUT2D eigenvalue weighted by molar-refractivity contribution is 4.87. The monoisotopic (exact) mass is 235 g/mol. The van der Waals surface area contributed by atoms with Gasteiger partial charge in [-0.05, 0) is 13.8 Å². The average molecular weight is 235 g/mol. The molecule has 0 amide bonds. The number of rotatable bonds is 6. The number of nitrogens with one attached hydrogen (secondary N) is 1. The molecule has 2 heterocycles. The van der Waals surface area contributed by atoms with E-state index in [0.29, 0.717) is 13.1 Å². The Bertz CT molecular complexity index is 416. The Hall–Kier alpha value is -1.76. The number of aromatic nitrogens is 6. The van der Waals surface area contributed by atoms with E-state index in [9.17, 15) is 0 Å². The molecule has 0 spiro atoms. The SMILES string of the molecule is CCn1cnnc1CNCc1ncnn1CC. The van der Waals surface area contributed by atoms with Gasteiger partial charge in [-0.25, -0.2) is 9.67 Å². The van der Waals surface area contributed by atoms with Gasteiger partial charge in [0.05, 0.1) is 13.1 Å². The maximum atomic E-state index is 4.19. The third-order valence-corrected chi connectivity index (χ3v) is 2.60. The van der Waals surface area contributed by atoms with Crippen LogP contribution in [-0.4, -0.2) is 29.5 Å². The lowest BCUT2D eigenvalue weighted by atomic mass is 10.5. The van der Waals surface area contributed by atoms with Crippen molar-refractivity contribution in [3.8, 4) is 0 Å². The summed E-state index contributed by atoms with van der Waals surface area (Å²) < 4.78 is 3.88. The molecule has 0 saturated carbocycles. The normalized spacial score (nSPS) is 10.9. The number of nitrogens with zero attached hydrogens (tertiary/aromatic N) is 6. The predicted octanol–water partition coefficient (Wildman–Crippen LogP) is 0.199. The van der Waals surface area contributed by atoms with Gasteiger partial charge in [0, 0.05) is 13.1 Å². The fraction of sp³-hybridized carbons (Fsp3) is 0.600. The van der Waals surface area contributed by atoms with Gasteiger partial charge in [-0.3, -0.25) is 0 Å². The molecule has 2 rings (SSSR count). The second kappa shape index (κ2) is 5.53. The Morgan fingerprint density at radius 1 is 1.18 bits per heavy atom. The molecule has 1 N–H and O–H groups in total. The molecule has 0 aliphatic rings. The summed E-state index contributed by atoms with van der Waals surface area (Å²) in [7, 11) is 0. The maximum absolute atomic E-state index is 4.19. The van der Waals surface area contributed by atoms with Crippen molar-refractivity contribution in [1.29, 1.82) is 0 Å². The summed E-state index contributed by atoms with van der Waals surface area (Å²) in [6.45, 7) is 7.21. The molecule has 0 aliphatic carbocycles. The molecule has 0 aliphatic heterocycles. The summed E-state index contributed by atoms with van der Waals surface area (Å²) in [5.41, 5.74) is 0. The Morgan fingerprint density at radius 3 is 2.76 bits per heavy atom. The van der Waals surface area contributed by atoms with Crippen LogP contribution in [0.5, 0.6) is 0 Å². The lowest BCUT2D eigenvalue weighted by Gasteiger charge is -2.06. The van der Waals surface area contributed by atoms with Gasteiger partial charge in [0.15, 0.2) is 0 Å². The summed E-state index contributed by atoms with van der Waals surface area (Å²) in [5, 5.41) is 15.3. The van der Waals surface area contributed by atoms with Crippen LogP contribution in [0, 0.1) is 0 Å². The van der Waals surface area contributed by atoms with Crippen LogP contribution in [0.15, 0.2) is 12.7 Å². The predicted molar refractivity (Wildman–Crippen MR) is 61.9 cm³/mol. The zero-order valence-corrected chi connectivity index (χ0v) is 10.2. The largest absolute Gasteiger partial charge is 0.317 e. The molecule has 2 aromatic rings. The molecular formula is C10H17N7. The van der Waals surface area contributed by atoms with E-state index in [4.69, 9.17) is 0 Å². The molecule has 0 saturated heterocycles. The standard InChI is InChI=1S/C10H17N7/c1-3-16-8-13-15-10(16)6-11-5-9-12-7-14-17(9)4-2/h7-8,11H,3-6H2,1-2H3. The first-order chi connectivity index (χ1) is 8.35. The van der Waals surface area contributed by atoms with Crippen LogP contribution >= 0.6 is 0 Å². The van der Waals surface area contributed by atoms with E-state index in [1.807, 2.05) is 16.2 Å². The Labute approximate surface area is 99.9 Å². The summed E-state index contributed by atoms with van der Waals surface area (Å²) in [4.78, 5) is 4.19. The molecule has 0 aromatic carbocycles. The van der Waals surface area contributed by atoms with E-state index >= 15 is 0 Å². The second-order valence-electron chi connectivity index (χ2n) is 3.63. The van der Waals surface area contributed by atoms with Crippen LogP contribution < -0.4 is 5.32 Å².